The van der Waals surface area contributed by atoms with Crippen molar-refractivity contribution in [1.29, 1.82) is 0 Å². The quantitative estimate of drug-likeness (QED) is 0.373. The van der Waals surface area contributed by atoms with E-state index in [0.29, 0.717) is 20.6 Å². The number of carboxylic acid groups (broad SMARTS) is 1. The van der Waals surface area contributed by atoms with Gasteiger partial charge in [0.25, 0.3) is 11.5 Å². The minimum absolute atomic E-state index is 0.158. The second-order valence-electron chi connectivity index (χ2n) is 8.59. The molecule has 0 amide bonds. The Labute approximate surface area is 227 Å². The average molecular weight is 547 g/mol. The van der Waals surface area contributed by atoms with Crippen LogP contribution in [0.3, 0.4) is 0 Å². The highest BCUT2D eigenvalue weighted by molar-refractivity contribution is 7.10. The largest absolute Gasteiger partial charge is 0.481 e. The predicted octanol–water partition coefficient (Wildman–Crippen LogP) is 4.44. The normalized spacial score (nSPS) is 14.7. The van der Waals surface area contributed by atoms with Gasteiger partial charge < -0.3 is 9.84 Å². The molecule has 2 aromatic carbocycles. The van der Waals surface area contributed by atoms with Crippen molar-refractivity contribution in [3.05, 3.63) is 125 Å². The second-order valence-corrected chi connectivity index (χ2v) is 10.6. The fourth-order valence-electron chi connectivity index (χ4n) is 3.91. The molecule has 7 nitrogen and oxygen atoms in total. The summed E-state index contributed by atoms with van der Waals surface area (Å²) >= 11 is 2.84. The molecule has 2 aromatic heterocycles. The van der Waals surface area contributed by atoms with Crippen LogP contribution in [0.5, 0.6) is 0 Å². The standard InChI is InChI=1S/C27H22N2O3S2.C2H4O2/c1-17-10-12-19(13-11-17)15-22-25(30)29-24(21-9-6-14-33-21)23(18(2)28-27(29)34-22)26(31)32-16-20-7-4-3-5-8-20;1-2(3)4/h3-15,24H,16H2,1-2H3;1H3,(H,3,4). The SMILES string of the molecule is CC(=O)O.CC1=C(C(=O)OCc2ccccc2)C(c2cccs2)n2c(sc(=Cc3ccc(C)cc3)c2=O)=N1. The molecule has 1 unspecified atom stereocenters. The third-order valence-corrected chi connectivity index (χ3v) is 7.55. The van der Waals surface area contributed by atoms with E-state index in [1.165, 1.54) is 22.7 Å². The summed E-state index contributed by atoms with van der Waals surface area (Å²) in [6.07, 6.45) is 1.88. The number of esters is 1. The Bertz CT molecular complexity index is 1640. The number of carbonyl (C=O) groups is 2. The van der Waals surface area contributed by atoms with Crippen LogP contribution in [0.2, 0.25) is 0 Å². The molecule has 1 N–H and O–H groups in total. The lowest BCUT2D eigenvalue weighted by Gasteiger charge is -2.23. The first-order valence-electron chi connectivity index (χ1n) is 11.8. The van der Waals surface area contributed by atoms with Gasteiger partial charge in [-0.25, -0.2) is 9.79 Å². The number of nitrogens with zero attached hydrogens (tertiary/aromatic N) is 2. The lowest BCUT2D eigenvalue weighted by Crippen LogP contribution is -2.39. The minimum Gasteiger partial charge on any atom is -0.481 e. The van der Waals surface area contributed by atoms with Gasteiger partial charge in [-0.15, -0.1) is 11.3 Å². The van der Waals surface area contributed by atoms with Crippen molar-refractivity contribution >= 4 is 40.7 Å². The third kappa shape index (κ3) is 6.24. The highest BCUT2D eigenvalue weighted by Gasteiger charge is 2.34. The number of aromatic nitrogens is 1. The molecule has 9 heteroatoms. The lowest BCUT2D eigenvalue weighted by molar-refractivity contribution is -0.141. The first-order chi connectivity index (χ1) is 18.2. The van der Waals surface area contributed by atoms with Crippen LogP contribution in [-0.2, 0) is 20.9 Å². The average Bonchev–Trinajstić information content (AvgIpc) is 3.52. The molecule has 3 heterocycles. The Morgan fingerprint density at radius 2 is 1.74 bits per heavy atom. The first-order valence-corrected chi connectivity index (χ1v) is 13.5. The zero-order valence-corrected chi connectivity index (χ0v) is 22.7. The van der Waals surface area contributed by atoms with E-state index < -0.39 is 18.0 Å². The van der Waals surface area contributed by atoms with Crippen LogP contribution < -0.4 is 14.9 Å². The summed E-state index contributed by atoms with van der Waals surface area (Å²) in [4.78, 5) is 42.0. The van der Waals surface area contributed by atoms with E-state index in [9.17, 15) is 9.59 Å². The van der Waals surface area contributed by atoms with E-state index in [4.69, 9.17) is 14.6 Å². The van der Waals surface area contributed by atoms with E-state index >= 15 is 0 Å². The summed E-state index contributed by atoms with van der Waals surface area (Å²) in [5, 5.41) is 9.36. The van der Waals surface area contributed by atoms with Gasteiger partial charge in [0.15, 0.2) is 4.80 Å². The molecular weight excluding hydrogens is 520 g/mol. The lowest BCUT2D eigenvalue weighted by atomic mass is 10.0. The Kier molecular flexibility index (Phi) is 8.50. The molecule has 38 heavy (non-hydrogen) atoms. The number of carbonyl (C=O) groups excluding carboxylic acids is 1. The molecule has 1 atom stereocenters. The maximum absolute atomic E-state index is 13.6. The number of aliphatic carboxylic acids is 1. The van der Waals surface area contributed by atoms with Crippen LogP contribution in [-0.4, -0.2) is 21.6 Å². The topological polar surface area (TPSA) is 98.0 Å². The van der Waals surface area contributed by atoms with Crippen LogP contribution in [0.25, 0.3) is 6.08 Å². The summed E-state index contributed by atoms with van der Waals surface area (Å²) in [6, 6.07) is 20.8. The number of allylic oxidation sites excluding steroid dienone is 1. The number of ether oxygens (including phenoxy) is 1. The second kappa shape index (κ2) is 12.0. The molecule has 0 saturated heterocycles. The number of hydrogen-bond donors (Lipinski definition) is 1. The zero-order valence-electron chi connectivity index (χ0n) is 21.1. The van der Waals surface area contributed by atoms with Gasteiger partial charge in [-0.1, -0.05) is 77.6 Å². The number of thiophene rings is 1. The molecule has 1 aliphatic rings. The Balaban J connectivity index is 0.000000786. The number of fused-ring (bicyclic) bond motifs is 1. The van der Waals surface area contributed by atoms with Gasteiger partial charge in [0, 0.05) is 11.8 Å². The van der Waals surface area contributed by atoms with Gasteiger partial charge in [0.05, 0.1) is 15.8 Å². The van der Waals surface area contributed by atoms with Crippen molar-refractivity contribution in [2.45, 2.75) is 33.4 Å². The van der Waals surface area contributed by atoms with E-state index in [0.717, 1.165) is 28.5 Å². The van der Waals surface area contributed by atoms with E-state index in [1.807, 2.05) is 85.1 Å². The van der Waals surface area contributed by atoms with Gasteiger partial charge in [-0.3, -0.25) is 14.2 Å². The number of hydrogen-bond acceptors (Lipinski definition) is 7. The van der Waals surface area contributed by atoms with Crippen molar-refractivity contribution in [3.8, 4) is 0 Å². The predicted molar refractivity (Wildman–Crippen MR) is 149 cm³/mol. The highest BCUT2D eigenvalue weighted by atomic mass is 32.1. The third-order valence-electron chi connectivity index (χ3n) is 5.64. The number of thiazole rings is 1. The van der Waals surface area contributed by atoms with Gasteiger partial charge in [0.2, 0.25) is 0 Å². The molecule has 1 aliphatic heterocycles. The summed E-state index contributed by atoms with van der Waals surface area (Å²) in [5.74, 6) is -1.30. The maximum Gasteiger partial charge on any atom is 0.338 e. The Morgan fingerprint density at radius 1 is 1.05 bits per heavy atom. The number of carboxylic acids is 1. The van der Waals surface area contributed by atoms with Gasteiger partial charge in [-0.2, -0.15) is 0 Å². The zero-order chi connectivity index (χ0) is 27.2. The van der Waals surface area contributed by atoms with E-state index in [-0.39, 0.29) is 12.2 Å². The molecule has 5 rings (SSSR count). The van der Waals surface area contributed by atoms with Crippen molar-refractivity contribution in [3.63, 3.8) is 0 Å². The highest BCUT2D eigenvalue weighted by Crippen LogP contribution is 2.33. The van der Waals surface area contributed by atoms with Gasteiger partial charge >= 0.3 is 5.97 Å². The van der Waals surface area contributed by atoms with Gasteiger partial charge in [-0.05, 0) is 42.5 Å². The van der Waals surface area contributed by atoms with Crippen molar-refractivity contribution in [2.24, 2.45) is 4.99 Å². The van der Waals surface area contributed by atoms with Crippen LogP contribution in [0.1, 0.15) is 41.5 Å². The fraction of sp³-hybridized carbons (Fsp3) is 0.172. The molecule has 0 spiro atoms. The summed E-state index contributed by atoms with van der Waals surface area (Å²) in [5.41, 5.74) is 3.81. The summed E-state index contributed by atoms with van der Waals surface area (Å²) < 4.78 is 7.87. The van der Waals surface area contributed by atoms with Crippen LogP contribution in [0, 0.1) is 6.92 Å². The van der Waals surface area contributed by atoms with Crippen molar-refractivity contribution < 1.29 is 19.4 Å². The van der Waals surface area contributed by atoms with Crippen molar-refractivity contribution in [1.82, 2.24) is 4.57 Å². The molecule has 0 aliphatic carbocycles. The first kappa shape index (κ1) is 27.0. The van der Waals surface area contributed by atoms with E-state index in [2.05, 4.69) is 4.99 Å². The molecule has 0 saturated carbocycles. The maximum atomic E-state index is 13.6. The van der Waals surface area contributed by atoms with Crippen LogP contribution >= 0.6 is 22.7 Å². The van der Waals surface area contributed by atoms with Crippen LogP contribution in [0.15, 0.2) is 93.2 Å². The summed E-state index contributed by atoms with van der Waals surface area (Å²) in [7, 11) is 0. The molecule has 0 radical (unpaired) electrons. The van der Waals surface area contributed by atoms with E-state index in [1.54, 1.807) is 11.5 Å². The number of benzene rings is 2. The molecule has 4 aromatic rings. The minimum atomic E-state index is -0.833. The van der Waals surface area contributed by atoms with Crippen molar-refractivity contribution in [2.75, 3.05) is 0 Å². The molecule has 194 valence electrons. The molecule has 0 fully saturated rings. The number of aryl methyl sites for hydroxylation is 1. The molecule has 0 bridgehead atoms. The Morgan fingerprint density at radius 3 is 2.37 bits per heavy atom. The summed E-state index contributed by atoms with van der Waals surface area (Å²) in [6.45, 7) is 5.07. The van der Waals surface area contributed by atoms with Gasteiger partial charge in [0.1, 0.15) is 12.6 Å². The fourth-order valence-corrected chi connectivity index (χ4v) is 5.78. The number of rotatable bonds is 5. The molecular formula is C29H26N2O5S2. The smallest absolute Gasteiger partial charge is 0.338 e. The van der Waals surface area contributed by atoms with Crippen LogP contribution in [0.4, 0.5) is 0 Å². The Hall–Kier alpha value is -4.08. The monoisotopic (exact) mass is 546 g/mol.